The average molecular weight is 201 g/mol. The van der Waals surface area contributed by atoms with E-state index in [0.717, 1.165) is 0 Å². The Hall–Kier alpha value is -1.41. The Labute approximate surface area is 73.6 Å². The average Bonchev–Trinajstić information content (AvgIpc) is 2.02. The van der Waals surface area contributed by atoms with E-state index in [4.69, 9.17) is 15.2 Å². The third-order valence-corrected chi connectivity index (χ3v) is 1.62. The fraction of sp³-hybridized carbons (Fsp3) is 0. The molecule has 0 aliphatic heterocycles. The normalized spacial score (nSPS) is 10.5. The minimum atomic E-state index is -4.60. The lowest BCUT2D eigenvalue weighted by molar-refractivity contribution is 0.284. The summed E-state index contributed by atoms with van der Waals surface area (Å²) < 4.78 is 14.7. The molecule has 0 atom stereocenters. The molecule has 7 heteroatoms. The maximum atomic E-state index is 10.4. The monoisotopic (exact) mass is 201 g/mol. The first-order valence-corrected chi connectivity index (χ1v) is 4.75. The summed E-state index contributed by atoms with van der Waals surface area (Å²) in [6, 6.07) is 5.68. The Morgan fingerprint density at radius 1 is 1.38 bits per heavy atom. The topological polar surface area (TPSA) is 94.9 Å². The fourth-order valence-electron chi connectivity index (χ4n) is 0.745. The van der Waals surface area contributed by atoms with Crippen molar-refractivity contribution in [1.82, 2.24) is 0 Å². The van der Waals surface area contributed by atoms with E-state index >= 15 is 0 Å². The van der Waals surface area contributed by atoms with E-state index < -0.39 is 7.82 Å². The SMILES string of the molecule is N#[N+]c1ccccc1OP(=O)(O)O. The number of para-hydroxylation sites is 1. The van der Waals surface area contributed by atoms with Crippen molar-refractivity contribution >= 4 is 13.5 Å². The molecule has 0 fully saturated rings. The molecule has 68 valence electrons. The maximum Gasteiger partial charge on any atom is 0.525 e. The second-order valence-electron chi connectivity index (χ2n) is 2.15. The van der Waals surface area contributed by atoms with Crippen LogP contribution in [0.25, 0.3) is 4.98 Å². The Bertz CT molecular complexity index is 394. The lowest BCUT2D eigenvalue weighted by atomic mass is 10.3. The van der Waals surface area contributed by atoms with Crippen molar-refractivity contribution < 1.29 is 18.9 Å². The Morgan fingerprint density at radius 3 is 2.54 bits per heavy atom. The molecule has 1 aromatic carbocycles. The zero-order chi connectivity index (χ0) is 9.90. The fourth-order valence-corrected chi connectivity index (χ4v) is 1.16. The summed E-state index contributed by atoms with van der Waals surface area (Å²) in [5.74, 6) is -0.168. The number of phosphoric acid groups is 1. The van der Waals surface area contributed by atoms with E-state index in [-0.39, 0.29) is 11.4 Å². The smallest absolute Gasteiger partial charge is 0.396 e. The van der Waals surface area contributed by atoms with Gasteiger partial charge in [-0.25, -0.2) is 4.57 Å². The number of hydrogen-bond donors (Lipinski definition) is 2. The Kier molecular flexibility index (Phi) is 2.63. The lowest BCUT2D eigenvalue weighted by Gasteiger charge is -2.02. The molecular formula is C6H6N2O4P+. The maximum absolute atomic E-state index is 10.4. The summed E-state index contributed by atoms with van der Waals surface area (Å²) in [5.41, 5.74) is -0.0363. The number of diazo groups is 1. The van der Waals surface area contributed by atoms with E-state index in [2.05, 4.69) is 9.50 Å². The zero-order valence-corrected chi connectivity index (χ0v) is 7.26. The summed E-state index contributed by atoms with van der Waals surface area (Å²) in [7, 11) is -4.60. The number of rotatable bonds is 2. The summed E-state index contributed by atoms with van der Waals surface area (Å²) in [6.07, 6.45) is 0. The van der Waals surface area contributed by atoms with Gasteiger partial charge in [-0.3, -0.25) is 9.79 Å². The van der Waals surface area contributed by atoms with Gasteiger partial charge in [-0.2, -0.15) is 0 Å². The van der Waals surface area contributed by atoms with E-state index in [1.165, 1.54) is 18.2 Å². The molecule has 0 spiro atoms. The van der Waals surface area contributed by atoms with Crippen LogP contribution in [0.5, 0.6) is 5.75 Å². The van der Waals surface area contributed by atoms with Gasteiger partial charge in [0.2, 0.25) is 11.1 Å². The highest BCUT2D eigenvalue weighted by atomic mass is 31.2. The third-order valence-electron chi connectivity index (χ3n) is 1.19. The molecule has 1 rings (SSSR count). The highest BCUT2D eigenvalue weighted by Gasteiger charge is 2.23. The molecule has 0 aliphatic carbocycles. The van der Waals surface area contributed by atoms with Crippen LogP contribution < -0.4 is 4.52 Å². The van der Waals surface area contributed by atoms with Crippen molar-refractivity contribution in [2.24, 2.45) is 0 Å². The van der Waals surface area contributed by atoms with Crippen molar-refractivity contribution in [2.75, 3.05) is 0 Å². The first kappa shape index (κ1) is 9.68. The van der Waals surface area contributed by atoms with Crippen LogP contribution in [-0.4, -0.2) is 9.79 Å². The molecule has 0 aliphatic rings. The van der Waals surface area contributed by atoms with Crippen LogP contribution in [0.2, 0.25) is 0 Å². The van der Waals surface area contributed by atoms with E-state index in [1.807, 2.05) is 0 Å². The van der Waals surface area contributed by atoms with Crippen LogP contribution in [0, 0.1) is 5.39 Å². The molecule has 0 aromatic heterocycles. The number of hydrogen-bond acceptors (Lipinski definition) is 3. The largest absolute Gasteiger partial charge is 0.525 e. The van der Waals surface area contributed by atoms with Crippen molar-refractivity contribution in [3.05, 3.63) is 29.2 Å². The van der Waals surface area contributed by atoms with E-state index in [0.29, 0.717) is 0 Å². The zero-order valence-electron chi connectivity index (χ0n) is 6.36. The van der Waals surface area contributed by atoms with Gasteiger partial charge in [0.05, 0.1) is 0 Å². The predicted molar refractivity (Wildman–Crippen MR) is 43.9 cm³/mol. The standard InChI is InChI=1S/C6H5N2O4P/c7-8-5-3-1-2-4-6(5)12-13(9,10)11/h1-4H,(H-,9,10,11)/p+1. The molecule has 13 heavy (non-hydrogen) atoms. The highest BCUT2D eigenvalue weighted by Crippen LogP contribution is 2.41. The highest BCUT2D eigenvalue weighted by molar-refractivity contribution is 7.46. The number of phosphoric ester groups is 1. The van der Waals surface area contributed by atoms with Gasteiger partial charge in [0.15, 0.2) is 4.98 Å². The second kappa shape index (κ2) is 3.54. The Balaban J connectivity index is 3.03. The molecule has 0 saturated carbocycles. The van der Waals surface area contributed by atoms with Gasteiger partial charge in [0, 0.05) is 6.07 Å². The number of benzene rings is 1. The van der Waals surface area contributed by atoms with E-state index in [1.54, 1.807) is 6.07 Å². The van der Waals surface area contributed by atoms with Crippen molar-refractivity contribution in [3.8, 4) is 5.75 Å². The third kappa shape index (κ3) is 2.84. The van der Waals surface area contributed by atoms with Crippen LogP contribution >= 0.6 is 7.82 Å². The van der Waals surface area contributed by atoms with Crippen LogP contribution in [0.15, 0.2) is 24.3 Å². The van der Waals surface area contributed by atoms with Crippen LogP contribution in [-0.2, 0) is 4.57 Å². The van der Waals surface area contributed by atoms with Crippen LogP contribution in [0.3, 0.4) is 0 Å². The molecule has 6 nitrogen and oxygen atoms in total. The predicted octanol–water partition coefficient (Wildman–Crippen LogP) is 1.64. The van der Waals surface area contributed by atoms with Gasteiger partial charge in [0.1, 0.15) is 0 Å². The van der Waals surface area contributed by atoms with E-state index in [9.17, 15) is 4.57 Å². The van der Waals surface area contributed by atoms with Crippen molar-refractivity contribution in [3.63, 3.8) is 0 Å². The lowest BCUT2D eigenvalue weighted by Crippen LogP contribution is -1.89. The van der Waals surface area contributed by atoms with Gasteiger partial charge < -0.3 is 4.52 Å². The molecule has 0 unspecified atom stereocenters. The minimum Gasteiger partial charge on any atom is -0.396 e. The molecule has 0 radical (unpaired) electrons. The van der Waals surface area contributed by atoms with Gasteiger partial charge >= 0.3 is 13.5 Å². The molecular weight excluding hydrogens is 195 g/mol. The first-order chi connectivity index (χ1) is 6.03. The summed E-state index contributed by atoms with van der Waals surface area (Å²) in [6.45, 7) is 0. The van der Waals surface area contributed by atoms with Crippen LogP contribution in [0.1, 0.15) is 0 Å². The molecule has 0 bridgehead atoms. The summed E-state index contributed by atoms with van der Waals surface area (Å²) in [5, 5.41) is 8.41. The summed E-state index contributed by atoms with van der Waals surface area (Å²) >= 11 is 0. The van der Waals surface area contributed by atoms with Crippen molar-refractivity contribution in [1.29, 1.82) is 5.39 Å². The molecule has 2 N–H and O–H groups in total. The van der Waals surface area contributed by atoms with Crippen LogP contribution in [0.4, 0.5) is 5.69 Å². The second-order valence-corrected chi connectivity index (χ2v) is 3.31. The minimum absolute atomic E-state index is 0.0363. The quantitative estimate of drug-likeness (QED) is 0.560. The molecule has 0 amide bonds. The van der Waals surface area contributed by atoms with Gasteiger partial charge in [0.25, 0.3) is 0 Å². The molecule has 1 aromatic rings. The van der Waals surface area contributed by atoms with Gasteiger partial charge in [-0.1, -0.05) is 12.1 Å². The molecule has 0 heterocycles. The molecule has 0 saturated heterocycles. The Morgan fingerprint density at radius 2 is 2.00 bits per heavy atom. The first-order valence-electron chi connectivity index (χ1n) is 3.22. The number of nitrogens with zero attached hydrogens (tertiary/aromatic N) is 2. The van der Waals surface area contributed by atoms with Gasteiger partial charge in [-0.15, -0.1) is 0 Å². The summed E-state index contributed by atoms with van der Waals surface area (Å²) in [4.78, 5) is 19.7. The van der Waals surface area contributed by atoms with Crippen molar-refractivity contribution in [2.45, 2.75) is 0 Å². The van der Waals surface area contributed by atoms with Gasteiger partial charge in [-0.05, 0) is 6.07 Å².